The van der Waals surface area contributed by atoms with Crippen LogP contribution < -0.4 is 10.8 Å². The highest BCUT2D eigenvalue weighted by Crippen LogP contribution is 2.36. The second kappa shape index (κ2) is 7.92. The molecule has 0 aromatic heterocycles. The SMILES string of the molecule is Cc1ccc(NC(=O)N2CC[C@@H](/C=C/C(F)(F)F)C2)cc1B1OC(C)(C)C(C)(C)O1. The van der Waals surface area contributed by atoms with E-state index < -0.39 is 24.5 Å². The van der Waals surface area contributed by atoms with Crippen molar-refractivity contribution in [3.8, 4) is 0 Å². The van der Waals surface area contributed by atoms with Gasteiger partial charge in [-0.3, -0.25) is 0 Å². The number of allylic oxidation sites excluding steroid dienone is 1. The van der Waals surface area contributed by atoms with Gasteiger partial charge in [0.25, 0.3) is 0 Å². The molecule has 2 amide bonds. The molecule has 0 radical (unpaired) electrons. The quantitative estimate of drug-likeness (QED) is 0.583. The molecule has 0 spiro atoms. The van der Waals surface area contributed by atoms with Gasteiger partial charge in [0.2, 0.25) is 0 Å². The Morgan fingerprint density at radius 3 is 2.47 bits per heavy atom. The fourth-order valence-corrected chi connectivity index (χ4v) is 3.52. The summed E-state index contributed by atoms with van der Waals surface area (Å²) in [6.45, 7) is 10.5. The molecule has 0 aliphatic carbocycles. The summed E-state index contributed by atoms with van der Waals surface area (Å²) in [4.78, 5) is 14.1. The van der Waals surface area contributed by atoms with Crippen molar-refractivity contribution in [3.63, 3.8) is 0 Å². The molecule has 1 N–H and O–H groups in total. The molecule has 2 saturated heterocycles. The van der Waals surface area contributed by atoms with Crippen LogP contribution in [0.1, 0.15) is 39.7 Å². The average Bonchev–Trinajstić information content (AvgIpc) is 3.16. The van der Waals surface area contributed by atoms with Gasteiger partial charge in [-0.1, -0.05) is 17.7 Å². The third kappa shape index (κ3) is 5.00. The number of anilines is 1. The fourth-order valence-electron chi connectivity index (χ4n) is 3.52. The number of carbonyl (C=O) groups is 1. The highest BCUT2D eigenvalue weighted by atomic mass is 19.4. The Morgan fingerprint density at radius 1 is 1.23 bits per heavy atom. The number of alkyl halides is 3. The lowest BCUT2D eigenvalue weighted by Crippen LogP contribution is -2.41. The van der Waals surface area contributed by atoms with E-state index in [0.29, 0.717) is 18.7 Å². The highest BCUT2D eigenvalue weighted by molar-refractivity contribution is 6.62. The summed E-state index contributed by atoms with van der Waals surface area (Å²) < 4.78 is 49.3. The summed E-state index contributed by atoms with van der Waals surface area (Å²) >= 11 is 0. The van der Waals surface area contributed by atoms with Crippen LogP contribution in [-0.2, 0) is 9.31 Å². The van der Waals surface area contributed by atoms with Gasteiger partial charge in [0.1, 0.15) is 0 Å². The number of carbonyl (C=O) groups excluding carboxylic acids is 1. The minimum Gasteiger partial charge on any atom is -0.399 e. The van der Waals surface area contributed by atoms with Crippen LogP contribution in [0.2, 0.25) is 0 Å². The standard InChI is InChI=1S/C21H28BF3N2O3/c1-14-6-7-16(12-17(14)22-29-19(2,3)20(4,5)30-22)26-18(28)27-11-9-15(13-27)8-10-21(23,24)25/h6-8,10,12,15H,9,11,13H2,1-5H3,(H,26,28)/b10-8+/t15-/m1/s1. The number of aryl methyl sites for hydroxylation is 1. The van der Waals surface area contributed by atoms with Gasteiger partial charge >= 0.3 is 19.3 Å². The topological polar surface area (TPSA) is 50.8 Å². The van der Waals surface area contributed by atoms with Gasteiger partial charge in [0.15, 0.2) is 0 Å². The molecule has 1 atom stereocenters. The summed E-state index contributed by atoms with van der Waals surface area (Å²) in [5.41, 5.74) is 1.45. The minimum atomic E-state index is -4.33. The monoisotopic (exact) mass is 424 g/mol. The summed E-state index contributed by atoms with van der Waals surface area (Å²) in [7, 11) is -0.546. The van der Waals surface area contributed by atoms with E-state index in [4.69, 9.17) is 9.31 Å². The van der Waals surface area contributed by atoms with Crippen LogP contribution in [0, 0.1) is 12.8 Å². The summed E-state index contributed by atoms with van der Waals surface area (Å²) in [6, 6.07) is 5.17. The van der Waals surface area contributed by atoms with E-state index in [1.165, 1.54) is 4.90 Å². The first kappa shape index (κ1) is 22.7. The molecule has 5 nitrogen and oxygen atoms in total. The van der Waals surface area contributed by atoms with E-state index in [0.717, 1.165) is 17.1 Å². The molecular formula is C21H28BF3N2O3. The lowest BCUT2D eigenvalue weighted by atomic mass is 9.76. The van der Waals surface area contributed by atoms with Crippen LogP contribution in [0.5, 0.6) is 0 Å². The number of nitrogens with one attached hydrogen (secondary N) is 1. The summed E-state index contributed by atoms with van der Waals surface area (Å²) in [6.07, 6.45) is -2.44. The van der Waals surface area contributed by atoms with Gasteiger partial charge in [-0.2, -0.15) is 13.2 Å². The number of rotatable bonds is 3. The van der Waals surface area contributed by atoms with Crippen LogP contribution in [0.3, 0.4) is 0 Å². The number of hydrogen-bond acceptors (Lipinski definition) is 3. The maximum atomic E-state index is 12.6. The van der Waals surface area contributed by atoms with E-state index in [-0.39, 0.29) is 24.6 Å². The van der Waals surface area contributed by atoms with E-state index in [1.807, 2.05) is 46.8 Å². The molecule has 2 aliphatic heterocycles. The van der Waals surface area contributed by atoms with Gasteiger partial charge in [0, 0.05) is 24.9 Å². The van der Waals surface area contributed by atoms with Crippen LogP contribution >= 0.6 is 0 Å². The average molecular weight is 424 g/mol. The van der Waals surface area contributed by atoms with Crippen molar-refractivity contribution in [1.82, 2.24) is 4.90 Å². The Hall–Kier alpha value is -2.00. The molecule has 2 heterocycles. The van der Waals surface area contributed by atoms with Crippen LogP contribution in [0.15, 0.2) is 30.4 Å². The number of urea groups is 1. The smallest absolute Gasteiger partial charge is 0.399 e. The molecule has 9 heteroatoms. The van der Waals surface area contributed by atoms with Crippen molar-refractivity contribution in [2.24, 2.45) is 5.92 Å². The van der Waals surface area contributed by atoms with Crippen LogP contribution in [0.25, 0.3) is 0 Å². The van der Waals surface area contributed by atoms with E-state index in [1.54, 1.807) is 6.07 Å². The first-order valence-electron chi connectivity index (χ1n) is 10.1. The molecule has 1 aromatic rings. The zero-order valence-electron chi connectivity index (χ0n) is 18.0. The number of hydrogen-bond donors (Lipinski definition) is 1. The largest absolute Gasteiger partial charge is 0.495 e. The predicted octanol–water partition coefficient (Wildman–Crippen LogP) is 4.27. The lowest BCUT2D eigenvalue weighted by Gasteiger charge is -2.32. The van der Waals surface area contributed by atoms with E-state index >= 15 is 0 Å². The number of halogens is 3. The molecule has 2 aliphatic rings. The van der Waals surface area contributed by atoms with Gasteiger partial charge < -0.3 is 19.5 Å². The number of likely N-dealkylation sites (tertiary alicyclic amines) is 1. The van der Waals surface area contributed by atoms with Gasteiger partial charge in [-0.25, -0.2) is 4.79 Å². The lowest BCUT2D eigenvalue weighted by molar-refractivity contribution is -0.0802. The first-order valence-corrected chi connectivity index (χ1v) is 10.1. The highest BCUT2D eigenvalue weighted by Gasteiger charge is 2.52. The minimum absolute atomic E-state index is 0.246. The Morgan fingerprint density at radius 2 is 1.87 bits per heavy atom. The van der Waals surface area contributed by atoms with Crippen molar-refractivity contribution in [2.45, 2.75) is 58.4 Å². The van der Waals surface area contributed by atoms with E-state index in [9.17, 15) is 18.0 Å². The Bertz CT molecular complexity index is 823. The van der Waals surface area contributed by atoms with Gasteiger partial charge in [0.05, 0.1) is 11.2 Å². The number of nitrogens with zero attached hydrogens (tertiary/aromatic N) is 1. The van der Waals surface area contributed by atoms with Crippen molar-refractivity contribution in [3.05, 3.63) is 35.9 Å². The molecule has 0 bridgehead atoms. The van der Waals surface area contributed by atoms with Crippen LogP contribution in [-0.4, -0.2) is 48.5 Å². The van der Waals surface area contributed by atoms with Crippen molar-refractivity contribution in [2.75, 3.05) is 18.4 Å². The zero-order chi connectivity index (χ0) is 22.3. The molecular weight excluding hydrogens is 396 g/mol. The zero-order valence-corrected chi connectivity index (χ0v) is 18.0. The normalized spacial score (nSPS) is 23.4. The Kier molecular flexibility index (Phi) is 5.99. The Labute approximate surface area is 175 Å². The maximum Gasteiger partial charge on any atom is 0.495 e. The Balaban J connectivity index is 1.66. The fraction of sp³-hybridized carbons (Fsp3) is 0.571. The molecule has 0 unspecified atom stereocenters. The molecule has 0 saturated carbocycles. The van der Waals surface area contributed by atoms with E-state index in [2.05, 4.69) is 5.32 Å². The first-order chi connectivity index (χ1) is 13.8. The van der Waals surface area contributed by atoms with Crippen molar-refractivity contribution >= 4 is 24.3 Å². The van der Waals surface area contributed by atoms with Gasteiger partial charge in [-0.05, 0) is 64.6 Å². The molecule has 30 heavy (non-hydrogen) atoms. The number of amides is 2. The molecule has 2 fully saturated rings. The summed E-state index contributed by atoms with van der Waals surface area (Å²) in [5.74, 6) is -0.296. The second-order valence-electron chi connectivity index (χ2n) is 8.99. The third-order valence-corrected chi connectivity index (χ3v) is 6.11. The molecule has 1 aromatic carbocycles. The van der Waals surface area contributed by atoms with Gasteiger partial charge in [-0.15, -0.1) is 0 Å². The number of benzene rings is 1. The maximum absolute atomic E-state index is 12.6. The molecule has 164 valence electrons. The second-order valence-corrected chi connectivity index (χ2v) is 8.99. The van der Waals surface area contributed by atoms with Crippen molar-refractivity contribution in [1.29, 1.82) is 0 Å². The molecule has 3 rings (SSSR count). The van der Waals surface area contributed by atoms with Crippen LogP contribution in [0.4, 0.5) is 23.7 Å². The predicted molar refractivity (Wildman–Crippen MR) is 111 cm³/mol. The van der Waals surface area contributed by atoms with Crippen molar-refractivity contribution < 1.29 is 27.3 Å². The summed E-state index contributed by atoms with van der Waals surface area (Å²) in [5, 5.41) is 2.84. The third-order valence-electron chi connectivity index (χ3n) is 6.11.